The summed E-state index contributed by atoms with van der Waals surface area (Å²) in [5.41, 5.74) is 4.36. The van der Waals surface area contributed by atoms with Crippen molar-refractivity contribution in [1.82, 2.24) is 0 Å². The smallest absolute Gasteiger partial charge is 0.101 e. The fourth-order valence-electron chi connectivity index (χ4n) is 3.22. The van der Waals surface area contributed by atoms with Gasteiger partial charge in [-0.05, 0) is 60.6 Å². The summed E-state index contributed by atoms with van der Waals surface area (Å²) < 4.78 is 0. The molecule has 0 fully saturated rings. The maximum atomic E-state index is 10.8. The van der Waals surface area contributed by atoms with Crippen LogP contribution in [0.4, 0.5) is 5.69 Å². The first-order chi connectivity index (χ1) is 9.69. The van der Waals surface area contributed by atoms with Gasteiger partial charge in [0.1, 0.15) is 6.07 Å². The van der Waals surface area contributed by atoms with Crippen molar-refractivity contribution in [2.45, 2.75) is 25.7 Å². The van der Waals surface area contributed by atoms with E-state index in [0.29, 0.717) is 0 Å². The van der Waals surface area contributed by atoms with Crippen LogP contribution < -0.4 is 10.0 Å². The predicted octanol–water partition coefficient (Wildman–Crippen LogP) is 1.04. The van der Waals surface area contributed by atoms with E-state index in [-0.39, 0.29) is 5.57 Å². The first-order valence-corrected chi connectivity index (χ1v) is 6.93. The number of aliphatic carboxylic acids is 1. The van der Waals surface area contributed by atoms with Crippen molar-refractivity contribution in [3.8, 4) is 6.07 Å². The van der Waals surface area contributed by atoms with Gasteiger partial charge in [0.25, 0.3) is 0 Å². The van der Waals surface area contributed by atoms with Crippen LogP contribution in [0, 0.1) is 11.3 Å². The number of rotatable bonds is 2. The number of aryl methyl sites for hydroxylation is 2. The Balaban J connectivity index is 2.08. The normalized spacial score (nSPS) is 17.4. The Morgan fingerprint density at radius 3 is 2.35 bits per heavy atom. The van der Waals surface area contributed by atoms with Gasteiger partial charge < -0.3 is 14.8 Å². The molecule has 2 heterocycles. The molecule has 4 nitrogen and oxygen atoms in total. The summed E-state index contributed by atoms with van der Waals surface area (Å²) in [4.78, 5) is 13.3. The van der Waals surface area contributed by atoms with E-state index in [1.165, 1.54) is 22.9 Å². The van der Waals surface area contributed by atoms with Crippen LogP contribution >= 0.6 is 0 Å². The highest BCUT2D eigenvalue weighted by atomic mass is 16.4. The Kier molecular flexibility index (Phi) is 3.19. The molecule has 0 saturated heterocycles. The lowest BCUT2D eigenvalue weighted by Gasteiger charge is -2.37. The fourth-order valence-corrected chi connectivity index (χ4v) is 3.22. The molecular weight excluding hydrogens is 252 g/mol. The average Bonchev–Trinajstić information content (AvgIpc) is 2.45. The zero-order chi connectivity index (χ0) is 14.1. The zero-order valence-corrected chi connectivity index (χ0v) is 11.2. The van der Waals surface area contributed by atoms with Gasteiger partial charge >= 0.3 is 0 Å². The molecule has 20 heavy (non-hydrogen) atoms. The van der Waals surface area contributed by atoms with E-state index in [1.54, 1.807) is 6.07 Å². The summed E-state index contributed by atoms with van der Waals surface area (Å²) >= 11 is 0. The van der Waals surface area contributed by atoms with Crippen molar-refractivity contribution >= 4 is 17.7 Å². The number of nitriles is 1. The third kappa shape index (κ3) is 2.16. The van der Waals surface area contributed by atoms with Gasteiger partial charge in [0.2, 0.25) is 0 Å². The van der Waals surface area contributed by atoms with Crippen LogP contribution in [0.1, 0.15) is 29.5 Å². The molecule has 1 aromatic carbocycles. The second-order valence-electron chi connectivity index (χ2n) is 5.34. The Bertz CT molecular complexity index is 609. The molecule has 0 atom stereocenters. The van der Waals surface area contributed by atoms with Crippen molar-refractivity contribution in [3.05, 3.63) is 34.4 Å². The van der Waals surface area contributed by atoms with Gasteiger partial charge in [-0.3, -0.25) is 0 Å². The second kappa shape index (κ2) is 5.01. The first-order valence-electron chi connectivity index (χ1n) is 6.93. The maximum Gasteiger partial charge on any atom is 0.101 e. The molecule has 0 saturated carbocycles. The minimum absolute atomic E-state index is 0.319. The molecule has 0 radical (unpaired) electrons. The molecule has 0 spiro atoms. The Morgan fingerprint density at radius 1 is 1.25 bits per heavy atom. The molecule has 3 rings (SSSR count). The van der Waals surface area contributed by atoms with Gasteiger partial charge in [0.15, 0.2) is 0 Å². The number of anilines is 1. The van der Waals surface area contributed by atoms with Crippen molar-refractivity contribution in [3.63, 3.8) is 0 Å². The van der Waals surface area contributed by atoms with Crippen LogP contribution in [-0.2, 0) is 17.6 Å². The standard InChI is InChI=1S/C16H16N2O2/c17-10-14(16(19)20)9-11-7-12-3-1-5-18-6-2-4-13(8-11)15(12)18/h7-9H,1-6H2,(H,19,20)/p-1/b14-9+. The molecule has 2 aliphatic heterocycles. The third-order valence-corrected chi connectivity index (χ3v) is 4.01. The largest absolute Gasteiger partial charge is 0.544 e. The lowest BCUT2D eigenvalue weighted by molar-refractivity contribution is -0.298. The highest BCUT2D eigenvalue weighted by Gasteiger charge is 2.23. The molecule has 0 unspecified atom stereocenters. The molecule has 102 valence electrons. The number of carbonyl (C=O) groups is 1. The zero-order valence-electron chi connectivity index (χ0n) is 11.2. The van der Waals surface area contributed by atoms with Crippen LogP contribution in [0.5, 0.6) is 0 Å². The molecule has 0 amide bonds. The second-order valence-corrected chi connectivity index (χ2v) is 5.34. The van der Waals surface area contributed by atoms with Gasteiger partial charge in [0, 0.05) is 18.8 Å². The number of carboxylic acids is 1. The fraction of sp³-hybridized carbons (Fsp3) is 0.375. The number of nitrogens with zero attached hydrogens (tertiary/aromatic N) is 2. The number of carboxylic acid groups (broad SMARTS) is 1. The molecule has 4 heteroatoms. The van der Waals surface area contributed by atoms with Gasteiger partial charge in [-0.1, -0.05) is 0 Å². The van der Waals surface area contributed by atoms with Gasteiger partial charge in [-0.25, -0.2) is 0 Å². The maximum absolute atomic E-state index is 10.8. The molecular formula is C16H15N2O2-. The van der Waals surface area contributed by atoms with Crippen LogP contribution in [0.2, 0.25) is 0 Å². The number of carbonyl (C=O) groups excluding carboxylic acids is 1. The molecule has 0 aromatic heterocycles. The SMILES string of the molecule is N#C/C(=C\c1cc2c3c(c1)CCCN3CCC2)C(=O)[O-]. The Hall–Kier alpha value is -2.28. The highest BCUT2D eigenvalue weighted by molar-refractivity contribution is 5.95. The topological polar surface area (TPSA) is 67.2 Å². The van der Waals surface area contributed by atoms with E-state index in [4.69, 9.17) is 5.26 Å². The summed E-state index contributed by atoms with van der Waals surface area (Å²) in [6.45, 7) is 2.22. The number of hydrogen-bond donors (Lipinski definition) is 0. The molecule has 0 aliphatic carbocycles. The van der Waals surface area contributed by atoms with Crippen LogP contribution in [0.15, 0.2) is 17.7 Å². The third-order valence-electron chi connectivity index (χ3n) is 4.01. The molecule has 2 aliphatic rings. The monoisotopic (exact) mass is 267 g/mol. The van der Waals surface area contributed by atoms with Gasteiger partial charge in [-0.2, -0.15) is 5.26 Å². The quantitative estimate of drug-likeness (QED) is 0.593. The van der Waals surface area contributed by atoms with Gasteiger partial charge in [-0.15, -0.1) is 0 Å². The minimum Gasteiger partial charge on any atom is -0.544 e. The first kappa shape index (κ1) is 12.7. The van der Waals surface area contributed by atoms with E-state index >= 15 is 0 Å². The van der Waals surface area contributed by atoms with Crippen molar-refractivity contribution in [1.29, 1.82) is 5.26 Å². The lowest BCUT2D eigenvalue weighted by Crippen LogP contribution is -2.34. The lowest BCUT2D eigenvalue weighted by atomic mass is 9.90. The summed E-state index contributed by atoms with van der Waals surface area (Å²) in [7, 11) is 0. The van der Waals surface area contributed by atoms with Crippen LogP contribution in [0.3, 0.4) is 0 Å². The van der Waals surface area contributed by atoms with E-state index < -0.39 is 5.97 Å². The van der Waals surface area contributed by atoms with E-state index in [1.807, 2.05) is 12.1 Å². The molecule has 0 N–H and O–H groups in total. The van der Waals surface area contributed by atoms with Crippen molar-refractivity contribution in [2.24, 2.45) is 0 Å². The van der Waals surface area contributed by atoms with Crippen molar-refractivity contribution in [2.75, 3.05) is 18.0 Å². The van der Waals surface area contributed by atoms with E-state index in [9.17, 15) is 9.90 Å². The van der Waals surface area contributed by atoms with E-state index in [0.717, 1.165) is 44.3 Å². The minimum atomic E-state index is -1.42. The van der Waals surface area contributed by atoms with Crippen LogP contribution in [0.25, 0.3) is 6.08 Å². The summed E-state index contributed by atoms with van der Waals surface area (Å²) in [5.74, 6) is -1.42. The predicted molar refractivity (Wildman–Crippen MR) is 73.9 cm³/mol. The Morgan fingerprint density at radius 2 is 1.85 bits per heavy atom. The summed E-state index contributed by atoms with van der Waals surface area (Å²) in [5, 5.41) is 19.7. The number of benzene rings is 1. The highest BCUT2D eigenvalue weighted by Crippen LogP contribution is 2.36. The van der Waals surface area contributed by atoms with Gasteiger partial charge in [0.05, 0.1) is 11.5 Å². The van der Waals surface area contributed by atoms with Crippen LogP contribution in [-0.4, -0.2) is 19.1 Å². The molecule has 0 bridgehead atoms. The van der Waals surface area contributed by atoms with Crippen molar-refractivity contribution < 1.29 is 9.90 Å². The van der Waals surface area contributed by atoms with E-state index in [2.05, 4.69) is 4.90 Å². The molecule has 1 aromatic rings. The summed E-state index contributed by atoms with van der Waals surface area (Å²) in [6.07, 6.45) is 5.72. The number of hydrogen-bond acceptors (Lipinski definition) is 4. The summed E-state index contributed by atoms with van der Waals surface area (Å²) in [6, 6.07) is 5.70. The average molecular weight is 267 g/mol. The Labute approximate surface area is 117 Å².